The minimum absolute atomic E-state index is 0.284. The predicted molar refractivity (Wildman–Crippen MR) is 80.0 cm³/mol. The predicted octanol–water partition coefficient (Wildman–Crippen LogP) is 4.19. The fourth-order valence-corrected chi connectivity index (χ4v) is 4.71. The first-order chi connectivity index (χ1) is 8.26. The van der Waals surface area contributed by atoms with Crippen molar-refractivity contribution in [3.05, 3.63) is 40.9 Å². The molecule has 3 heteroatoms. The van der Waals surface area contributed by atoms with Crippen LogP contribution in [0, 0.1) is 0 Å². The Morgan fingerprint density at radius 2 is 2.18 bits per heavy atom. The van der Waals surface area contributed by atoms with Crippen molar-refractivity contribution in [3.63, 3.8) is 0 Å². The zero-order valence-corrected chi connectivity index (χ0v) is 12.1. The number of anilines is 1. The summed E-state index contributed by atoms with van der Waals surface area (Å²) in [6, 6.07) is 6.99. The van der Waals surface area contributed by atoms with Crippen LogP contribution >= 0.6 is 27.7 Å². The zero-order chi connectivity index (χ0) is 11.9. The molecule has 1 nitrogen and oxygen atoms in total. The Morgan fingerprint density at radius 1 is 1.41 bits per heavy atom. The summed E-state index contributed by atoms with van der Waals surface area (Å²) in [5, 5.41) is 3.62. The lowest BCUT2D eigenvalue weighted by atomic mass is 9.72. The number of halogens is 1. The standard InChI is InChI=1S/C14H16BrNS/c1-2-13-14(5-7-17-8-6-14)11-9-10(15)3-4-12(11)16-13/h2-4,9,13,16H,1,5-8H2. The molecule has 2 aliphatic rings. The van der Waals surface area contributed by atoms with E-state index in [1.807, 2.05) is 0 Å². The zero-order valence-electron chi connectivity index (χ0n) is 9.71. The van der Waals surface area contributed by atoms with E-state index in [4.69, 9.17) is 0 Å². The molecule has 1 fully saturated rings. The molecule has 2 aliphatic heterocycles. The molecule has 0 aromatic heterocycles. The van der Waals surface area contributed by atoms with Crippen LogP contribution < -0.4 is 5.32 Å². The SMILES string of the molecule is C=CC1Nc2ccc(Br)cc2C12CCSCC2. The van der Waals surface area contributed by atoms with E-state index in [1.165, 1.54) is 40.1 Å². The Morgan fingerprint density at radius 3 is 2.88 bits per heavy atom. The van der Waals surface area contributed by atoms with E-state index in [9.17, 15) is 0 Å². The lowest BCUT2D eigenvalue weighted by Crippen LogP contribution is -2.40. The van der Waals surface area contributed by atoms with Crippen LogP contribution in [0.3, 0.4) is 0 Å². The van der Waals surface area contributed by atoms with Crippen LogP contribution in [0.2, 0.25) is 0 Å². The molecule has 17 heavy (non-hydrogen) atoms. The van der Waals surface area contributed by atoms with E-state index in [0.29, 0.717) is 6.04 Å². The summed E-state index contributed by atoms with van der Waals surface area (Å²) in [6.45, 7) is 4.02. The number of nitrogens with one attached hydrogen (secondary N) is 1. The largest absolute Gasteiger partial charge is 0.378 e. The van der Waals surface area contributed by atoms with Crippen LogP contribution in [0.1, 0.15) is 18.4 Å². The summed E-state index contributed by atoms with van der Waals surface area (Å²) in [4.78, 5) is 0. The molecular weight excluding hydrogens is 294 g/mol. The van der Waals surface area contributed by atoms with Gasteiger partial charge in [0.15, 0.2) is 0 Å². The normalized spacial score (nSPS) is 25.4. The second kappa shape index (κ2) is 4.36. The number of benzene rings is 1. The summed E-state index contributed by atoms with van der Waals surface area (Å²) < 4.78 is 1.18. The monoisotopic (exact) mass is 309 g/mol. The maximum Gasteiger partial charge on any atom is 0.0540 e. The van der Waals surface area contributed by atoms with Crippen LogP contribution in [-0.4, -0.2) is 17.5 Å². The van der Waals surface area contributed by atoms with E-state index in [1.54, 1.807) is 0 Å². The summed E-state index contributed by atoms with van der Waals surface area (Å²) >= 11 is 5.67. The van der Waals surface area contributed by atoms with Crippen LogP contribution in [-0.2, 0) is 5.41 Å². The molecule has 90 valence electrons. The maximum absolute atomic E-state index is 4.02. The fraction of sp³-hybridized carbons (Fsp3) is 0.429. The van der Waals surface area contributed by atoms with Crippen LogP contribution in [0.25, 0.3) is 0 Å². The van der Waals surface area contributed by atoms with Crippen molar-refractivity contribution in [2.45, 2.75) is 24.3 Å². The Bertz CT molecular complexity index is 452. The highest BCUT2D eigenvalue weighted by Crippen LogP contribution is 2.50. The molecule has 1 aromatic carbocycles. The Labute approximate surface area is 115 Å². The molecule has 0 amide bonds. The van der Waals surface area contributed by atoms with Crippen LogP contribution in [0.5, 0.6) is 0 Å². The van der Waals surface area contributed by atoms with Crippen molar-refractivity contribution in [3.8, 4) is 0 Å². The van der Waals surface area contributed by atoms with Gasteiger partial charge >= 0.3 is 0 Å². The molecule has 2 heterocycles. The lowest BCUT2D eigenvalue weighted by Gasteiger charge is -2.37. The Hall–Kier alpha value is -0.410. The number of hydrogen-bond acceptors (Lipinski definition) is 2. The highest BCUT2D eigenvalue weighted by Gasteiger charge is 2.46. The van der Waals surface area contributed by atoms with Gasteiger partial charge < -0.3 is 5.32 Å². The van der Waals surface area contributed by atoms with Crippen molar-refractivity contribution in [2.75, 3.05) is 16.8 Å². The molecule has 1 aromatic rings. The van der Waals surface area contributed by atoms with Gasteiger partial charge in [-0.3, -0.25) is 0 Å². The summed E-state index contributed by atoms with van der Waals surface area (Å²) in [7, 11) is 0. The quantitative estimate of drug-likeness (QED) is 0.781. The third-order valence-electron chi connectivity index (χ3n) is 4.05. The van der Waals surface area contributed by atoms with Crippen molar-refractivity contribution < 1.29 is 0 Å². The van der Waals surface area contributed by atoms with Crippen molar-refractivity contribution in [1.29, 1.82) is 0 Å². The first-order valence-electron chi connectivity index (χ1n) is 6.03. The molecule has 1 atom stereocenters. The van der Waals surface area contributed by atoms with Gasteiger partial charge in [-0.2, -0.15) is 11.8 Å². The van der Waals surface area contributed by atoms with Crippen molar-refractivity contribution >= 4 is 33.4 Å². The number of rotatable bonds is 1. The van der Waals surface area contributed by atoms with Gasteiger partial charge in [0.2, 0.25) is 0 Å². The molecule has 0 aliphatic carbocycles. The van der Waals surface area contributed by atoms with Gasteiger partial charge in [0.25, 0.3) is 0 Å². The third-order valence-corrected chi connectivity index (χ3v) is 5.52. The second-order valence-corrected chi connectivity index (χ2v) is 6.96. The summed E-state index contributed by atoms with van der Waals surface area (Å²) in [5.41, 5.74) is 3.06. The molecule has 3 rings (SSSR count). The van der Waals surface area contributed by atoms with Gasteiger partial charge in [-0.1, -0.05) is 22.0 Å². The van der Waals surface area contributed by atoms with E-state index in [2.05, 4.69) is 63.9 Å². The van der Waals surface area contributed by atoms with Gasteiger partial charge in [0, 0.05) is 15.6 Å². The fourth-order valence-electron chi connectivity index (χ4n) is 3.13. The molecule has 0 saturated carbocycles. The van der Waals surface area contributed by atoms with E-state index in [0.717, 1.165) is 0 Å². The number of fused-ring (bicyclic) bond motifs is 2. The Balaban J connectivity index is 2.11. The van der Waals surface area contributed by atoms with E-state index >= 15 is 0 Å². The van der Waals surface area contributed by atoms with Crippen molar-refractivity contribution in [2.24, 2.45) is 0 Å². The molecule has 1 N–H and O–H groups in total. The second-order valence-electron chi connectivity index (χ2n) is 4.82. The van der Waals surface area contributed by atoms with Gasteiger partial charge in [0.05, 0.1) is 6.04 Å². The molecular formula is C14H16BrNS. The third kappa shape index (κ3) is 1.75. The molecule has 0 radical (unpaired) electrons. The van der Waals surface area contributed by atoms with Gasteiger partial charge in [-0.25, -0.2) is 0 Å². The van der Waals surface area contributed by atoms with E-state index < -0.39 is 0 Å². The van der Waals surface area contributed by atoms with Gasteiger partial charge in [-0.05, 0) is 48.1 Å². The number of thioether (sulfide) groups is 1. The molecule has 1 spiro atoms. The van der Waals surface area contributed by atoms with Crippen LogP contribution in [0.15, 0.2) is 35.3 Å². The average Bonchev–Trinajstić information content (AvgIpc) is 2.65. The summed E-state index contributed by atoms with van der Waals surface area (Å²) in [6.07, 6.45) is 4.60. The first kappa shape index (κ1) is 11.7. The number of hydrogen-bond donors (Lipinski definition) is 1. The first-order valence-corrected chi connectivity index (χ1v) is 7.98. The van der Waals surface area contributed by atoms with Gasteiger partial charge in [-0.15, -0.1) is 6.58 Å². The lowest BCUT2D eigenvalue weighted by molar-refractivity contribution is 0.389. The molecule has 1 unspecified atom stereocenters. The van der Waals surface area contributed by atoms with Crippen LogP contribution in [0.4, 0.5) is 5.69 Å². The van der Waals surface area contributed by atoms with E-state index in [-0.39, 0.29) is 5.41 Å². The van der Waals surface area contributed by atoms with Crippen molar-refractivity contribution in [1.82, 2.24) is 0 Å². The topological polar surface area (TPSA) is 12.0 Å². The summed E-state index contributed by atoms with van der Waals surface area (Å²) in [5.74, 6) is 2.52. The maximum atomic E-state index is 4.02. The molecule has 0 bridgehead atoms. The smallest absolute Gasteiger partial charge is 0.0540 e. The van der Waals surface area contributed by atoms with Gasteiger partial charge in [0.1, 0.15) is 0 Å². The highest BCUT2D eigenvalue weighted by atomic mass is 79.9. The minimum Gasteiger partial charge on any atom is -0.378 e. The Kier molecular flexibility index (Phi) is 2.99. The minimum atomic E-state index is 0.284. The highest BCUT2D eigenvalue weighted by molar-refractivity contribution is 9.10. The molecule has 1 saturated heterocycles. The average molecular weight is 310 g/mol.